The number of fused-ring (bicyclic) bond motifs is 1. The van der Waals surface area contributed by atoms with Crippen molar-refractivity contribution in [3.8, 4) is 5.75 Å². The van der Waals surface area contributed by atoms with Gasteiger partial charge in [-0.2, -0.15) is 0 Å². The highest BCUT2D eigenvalue weighted by atomic mass is 16.5. The Morgan fingerprint density at radius 3 is 2.52 bits per heavy atom. The Bertz CT molecular complexity index is 1040. The fourth-order valence-electron chi connectivity index (χ4n) is 4.13. The first kappa shape index (κ1) is 21.3. The second-order valence-electron chi connectivity index (χ2n) is 8.22. The third-order valence-corrected chi connectivity index (χ3v) is 6.18. The van der Waals surface area contributed by atoms with Gasteiger partial charge in [-0.3, -0.25) is 4.79 Å². The SMILES string of the molecule is COc1ccc2cc([C@H](C)C(=O)NCc3ccccc3C[NH+]3CCOCC3)ccc2c1. The molecule has 0 radical (unpaired) electrons. The minimum absolute atomic E-state index is 0.0429. The molecule has 1 fully saturated rings. The van der Waals surface area contributed by atoms with Crippen molar-refractivity contribution >= 4 is 16.7 Å². The molecule has 0 aliphatic carbocycles. The Kier molecular flexibility index (Phi) is 6.85. The summed E-state index contributed by atoms with van der Waals surface area (Å²) in [6.45, 7) is 7.20. The van der Waals surface area contributed by atoms with Crippen molar-refractivity contribution in [3.05, 3.63) is 77.4 Å². The van der Waals surface area contributed by atoms with Crippen molar-refractivity contribution in [2.75, 3.05) is 33.4 Å². The summed E-state index contributed by atoms with van der Waals surface area (Å²) in [5.41, 5.74) is 3.50. The number of carbonyl (C=O) groups excluding carboxylic acids is 1. The predicted molar refractivity (Wildman–Crippen MR) is 122 cm³/mol. The van der Waals surface area contributed by atoms with Gasteiger partial charge in [-0.1, -0.05) is 48.5 Å². The standard InChI is InChI=1S/C26H30N2O3/c1-19(20-7-8-22-16-25(30-2)10-9-21(22)15-20)26(29)27-17-23-5-3-4-6-24(23)18-28-11-13-31-14-12-28/h3-10,15-16,19H,11-14,17-18H2,1-2H3,(H,27,29)/p+1/t19-/m0/s1. The Morgan fingerprint density at radius 2 is 1.74 bits per heavy atom. The summed E-state index contributed by atoms with van der Waals surface area (Å²) in [6, 6.07) is 20.6. The quantitative estimate of drug-likeness (QED) is 0.619. The van der Waals surface area contributed by atoms with Gasteiger partial charge >= 0.3 is 0 Å². The molecule has 1 saturated heterocycles. The number of rotatable bonds is 7. The van der Waals surface area contributed by atoms with E-state index < -0.39 is 0 Å². The maximum Gasteiger partial charge on any atom is 0.227 e. The average Bonchev–Trinajstić information content (AvgIpc) is 2.82. The number of carbonyl (C=O) groups is 1. The summed E-state index contributed by atoms with van der Waals surface area (Å²) in [7, 11) is 1.67. The van der Waals surface area contributed by atoms with Crippen LogP contribution in [0.2, 0.25) is 0 Å². The molecule has 1 aliphatic heterocycles. The number of ether oxygens (including phenoxy) is 2. The molecule has 162 valence electrons. The van der Waals surface area contributed by atoms with Gasteiger partial charge in [-0.05, 0) is 41.0 Å². The van der Waals surface area contributed by atoms with Crippen LogP contribution in [0.3, 0.4) is 0 Å². The number of hydrogen-bond donors (Lipinski definition) is 2. The zero-order chi connectivity index (χ0) is 21.6. The number of nitrogens with one attached hydrogen (secondary N) is 2. The van der Waals surface area contributed by atoms with Crippen molar-refractivity contribution in [1.29, 1.82) is 0 Å². The Labute approximate surface area is 184 Å². The maximum absolute atomic E-state index is 12.9. The first-order chi connectivity index (χ1) is 15.1. The summed E-state index contributed by atoms with van der Waals surface area (Å²) in [5, 5.41) is 5.36. The minimum Gasteiger partial charge on any atom is -0.497 e. The van der Waals surface area contributed by atoms with E-state index in [-0.39, 0.29) is 11.8 Å². The van der Waals surface area contributed by atoms with Crippen LogP contribution < -0.4 is 15.0 Å². The van der Waals surface area contributed by atoms with Gasteiger partial charge in [0.2, 0.25) is 5.91 Å². The van der Waals surface area contributed by atoms with Crippen molar-refractivity contribution < 1.29 is 19.2 Å². The van der Waals surface area contributed by atoms with Gasteiger partial charge in [0.25, 0.3) is 0 Å². The van der Waals surface area contributed by atoms with E-state index >= 15 is 0 Å². The molecule has 0 saturated carbocycles. The summed E-state index contributed by atoms with van der Waals surface area (Å²) in [6.07, 6.45) is 0. The van der Waals surface area contributed by atoms with Crippen LogP contribution in [0.1, 0.15) is 29.5 Å². The average molecular weight is 420 g/mol. The van der Waals surface area contributed by atoms with Crippen molar-refractivity contribution in [2.45, 2.75) is 25.9 Å². The molecule has 1 amide bonds. The molecule has 1 aliphatic rings. The molecule has 0 spiro atoms. The largest absolute Gasteiger partial charge is 0.497 e. The van der Waals surface area contributed by atoms with Gasteiger partial charge in [-0.25, -0.2) is 0 Å². The molecule has 4 rings (SSSR count). The van der Waals surface area contributed by atoms with Gasteiger partial charge < -0.3 is 19.7 Å². The minimum atomic E-state index is -0.219. The van der Waals surface area contributed by atoms with E-state index in [1.165, 1.54) is 16.0 Å². The molecule has 0 bridgehead atoms. The zero-order valence-electron chi connectivity index (χ0n) is 18.3. The fourth-order valence-corrected chi connectivity index (χ4v) is 4.13. The van der Waals surface area contributed by atoms with E-state index in [0.717, 1.165) is 54.9 Å². The molecule has 5 heteroatoms. The van der Waals surface area contributed by atoms with E-state index in [1.807, 2.05) is 37.3 Å². The van der Waals surface area contributed by atoms with Gasteiger partial charge in [-0.15, -0.1) is 0 Å². The number of quaternary nitrogens is 1. The molecule has 1 atom stereocenters. The topological polar surface area (TPSA) is 52.0 Å². The number of hydrogen-bond acceptors (Lipinski definition) is 3. The highest BCUT2D eigenvalue weighted by Crippen LogP contribution is 2.25. The van der Waals surface area contributed by atoms with E-state index in [9.17, 15) is 4.79 Å². The lowest BCUT2D eigenvalue weighted by Crippen LogP contribution is -3.12. The molecule has 2 N–H and O–H groups in total. The van der Waals surface area contributed by atoms with Crippen molar-refractivity contribution in [2.24, 2.45) is 0 Å². The van der Waals surface area contributed by atoms with E-state index in [2.05, 4.69) is 35.6 Å². The second-order valence-corrected chi connectivity index (χ2v) is 8.22. The number of methoxy groups -OCH3 is 1. The van der Waals surface area contributed by atoms with Gasteiger partial charge in [0.1, 0.15) is 25.4 Å². The van der Waals surface area contributed by atoms with Crippen LogP contribution in [0.25, 0.3) is 10.8 Å². The highest BCUT2D eigenvalue weighted by Gasteiger charge is 2.18. The van der Waals surface area contributed by atoms with Crippen LogP contribution in [0, 0.1) is 0 Å². The normalized spacial score (nSPS) is 15.5. The summed E-state index contributed by atoms with van der Waals surface area (Å²) >= 11 is 0. The van der Waals surface area contributed by atoms with Crippen LogP contribution in [0.5, 0.6) is 5.75 Å². The van der Waals surface area contributed by atoms with Gasteiger partial charge in [0.15, 0.2) is 0 Å². The Balaban J connectivity index is 1.41. The molecule has 31 heavy (non-hydrogen) atoms. The summed E-state index contributed by atoms with van der Waals surface area (Å²) < 4.78 is 10.8. The van der Waals surface area contributed by atoms with Crippen LogP contribution in [0.15, 0.2) is 60.7 Å². The van der Waals surface area contributed by atoms with E-state index in [1.54, 1.807) is 7.11 Å². The van der Waals surface area contributed by atoms with Gasteiger partial charge in [0.05, 0.1) is 26.2 Å². The number of morpholine rings is 1. The Morgan fingerprint density at radius 1 is 1.03 bits per heavy atom. The van der Waals surface area contributed by atoms with Crippen LogP contribution in [-0.2, 0) is 22.6 Å². The third kappa shape index (κ3) is 5.24. The fraction of sp³-hybridized carbons (Fsp3) is 0.346. The van der Waals surface area contributed by atoms with E-state index in [4.69, 9.17) is 9.47 Å². The third-order valence-electron chi connectivity index (χ3n) is 6.18. The molecule has 0 unspecified atom stereocenters. The number of benzene rings is 3. The smallest absolute Gasteiger partial charge is 0.227 e. The molecular weight excluding hydrogens is 388 g/mol. The number of amides is 1. The van der Waals surface area contributed by atoms with Crippen molar-refractivity contribution in [3.63, 3.8) is 0 Å². The Hall–Kier alpha value is -2.89. The molecule has 3 aromatic rings. The predicted octanol–water partition coefficient (Wildman–Crippen LogP) is 2.68. The maximum atomic E-state index is 12.9. The van der Waals surface area contributed by atoms with Gasteiger partial charge in [0, 0.05) is 12.1 Å². The van der Waals surface area contributed by atoms with Crippen molar-refractivity contribution in [1.82, 2.24) is 5.32 Å². The first-order valence-corrected chi connectivity index (χ1v) is 11.0. The van der Waals surface area contributed by atoms with Crippen LogP contribution >= 0.6 is 0 Å². The monoisotopic (exact) mass is 419 g/mol. The molecule has 1 heterocycles. The van der Waals surface area contributed by atoms with Crippen LogP contribution in [0.4, 0.5) is 0 Å². The highest BCUT2D eigenvalue weighted by molar-refractivity contribution is 5.88. The zero-order valence-corrected chi connectivity index (χ0v) is 18.3. The second kappa shape index (κ2) is 9.94. The first-order valence-electron chi connectivity index (χ1n) is 11.0. The molecule has 5 nitrogen and oxygen atoms in total. The van der Waals surface area contributed by atoms with Crippen LogP contribution in [-0.4, -0.2) is 39.3 Å². The van der Waals surface area contributed by atoms with E-state index in [0.29, 0.717) is 6.54 Å². The lowest BCUT2D eigenvalue weighted by Gasteiger charge is -2.24. The molecule has 3 aromatic carbocycles. The summed E-state index contributed by atoms with van der Waals surface area (Å²) in [5.74, 6) is 0.661. The molecular formula is C26H31N2O3+. The lowest BCUT2D eigenvalue weighted by molar-refractivity contribution is -0.921. The lowest BCUT2D eigenvalue weighted by atomic mass is 9.96. The summed E-state index contributed by atoms with van der Waals surface area (Å²) in [4.78, 5) is 14.4. The molecule has 0 aromatic heterocycles.